The lowest BCUT2D eigenvalue weighted by atomic mass is 10.1. The molecule has 0 fully saturated rings. The van der Waals surface area contributed by atoms with Gasteiger partial charge in [-0.15, -0.1) is 11.8 Å². The summed E-state index contributed by atoms with van der Waals surface area (Å²) in [5.41, 5.74) is 1.23. The van der Waals surface area contributed by atoms with Crippen molar-refractivity contribution in [1.82, 2.24) is 25.3 Å². The number of anilines is 1. The van der Waals surface area contributed by atoms with Crippen molar-refractivity contribution in [3.8, 4) is 22.9 Å². The molecule has 180 valence electrons. The van der Waals surface area contributed by atoms with E-state index in [0.29, 0.717) is 21.9 Å². The van der Waals surface area contributed by atoms with Gasteiger partial charge in [0, 0.05) is 30.2 Å². The molecule has 0 N–H and O–H groups in total. The Morgan fingerprint density at radius 3 is 2.57 bits per heavy atom. The third kappa shape index (κ3) is 4.60. The Balaban J connectivity index is 1.45. The third-order valence-corrected chi connectivity index (χ3v) is 6.09. The van der Waals surface area contributed by atoms with E-state index in [9.17, 15) is 22.4 Å². The van der Waals surface area contributed by atoms with Gasteiger partial charge in [-0.25, -0.2) is 4.39 Å². The van der Waals surface area contributed by atoms with E-state index in [4.69, 9.17) is 4.52 Å². The molecule has 1 aromatic carbocycles. The summed E-state index contributed by atoms with van der Waals surface area (Å²) in [5, 5.41) is 7.08. The second kappa shape index (κ2) is 8.76. The lowest BCUT2D eigenvalue weighted by Crippen LogP contribution is -2.30. The number of aryl methyl sites for hydroxylation is 1. The van der Waals surface area contributed by atoms with Gasteiger partial charge in [0.05, 0.1) is 17.8 Å². The highest BCUT2D eigenvalue weighted by Crippen LogP contribution is 2.39. The molecule has 4 aromatic rings. The van der Waals surface area contributed by atoms with Crippen LogP contribution in [-0.4, -0.2) is 36.9 Å². The number of amides is 1. The number of carbonyl (C=O) groups excluding carboxylic acids is 1. The van der Waals surface area contributed by atoms with Gasteiger partial charge < -0.3 is 13.9 Å². The molecule has 0 spiro atoms. The maximum absolute atomic E-state index is 14.8. The fraction of sp³-hybridized carbons (Fsp3) is 0.238. The van der Waals surface area contributed by atoms with Crippen molar-refractivity contribution in [3.05, 3.63) is 53.6 Å². The van der Waals surface area contributed by atoms with Gasteiger partial charge in [-0.1, -0.05) is 16.4 Å². The topological polar surface area (TPSA) is 111 Å². The first-order valence-corrected chi connectivity index (χ1v) is 11.1. The minimum absolute atomic E-state index is 0.0637. The minimum Gasteiger partial charge on any atom is -0.339 e. The molecule has 0 radical (unpaired) electrons. The largest absolute Gasteiger partial charge is 0.471 e. The fourth-order valence-corrected chi connectivity index (χ4v) is 4.42. The average molecular weight is 506 g/mol. The first-order valence-electron chi connectivity index (χ1n) is 10.1. The number of pyridine rings is 1. The van der Waals surface area contributed by atoms with Gasteiger partial charge in [0.2, 0.25) is 23.4 Å². The zero-order valence-electron chi connectivity index (χ0n) is 17.8. The fourth-order valence-electron chi connectivity index (χ4n) is 3.42. The van der Waals surface area contributed by atoms with Crippen LogP contribution in [0.1, 0.15) is 23.8 Å². The van der Waals surface area contributed by atoms with Crippen molar-refractivity contribution in [2.75, 3.05) is 10.7 Å². The minimum atomic E-state index is -4.76. The number of carbonyl (C=O) groups is 1. The molecule has 35 heavy (non-hydrogen) atoms. The first-order chi connectivity index (χ1) is 16.7. The zero-order valence-corrected chi connectivity index (χ0v) is 18.7. The van der Waals surface area contributed by atoms with Crippen molar-refractivity contribution in [2.45, 2.75) is 31.0 Å². The normalized spacial score (nSPS) is 14.2. The summed E-state index contributed by atoms with van der Waals surface area (Å²) in [4.78, 5) is 26.5. The van der Waals surface area contributed by atoms with E-state index in [1.165, 1.54) is 41.1 Å². The van der Waals surface area contributed by atoms with Gasteiger partial charge >= 0.3 is 12.1 Å². The van der Waals surface area contributed by atoms with Gasteiger partial charge in [0.15, 0.2) is 0 Å². The van der Waals surface area contributed by atoms with Crippen molar-refractivity contribution >= 4 is 23.4 Å². The molecule has 0 aliphatic carbocycles. The first kappa shape index (κ1) is 23.0. The van der Waals surface area contributed by atoms with Crippen LogP contribution >= 0.6 is 11.8 Å². The van der Waals surface area contributed by atoms with Gasteiger partial charge in [-0.2, -0.15) is 23.1 Å². The molecular formula is C21H14F4N6O3S. The highest BCUT2D eigenvalue weighted by Gasteiger charge is 2.38. The SMILES string of the molecule is Cc1nc(-c2cc3c(cc2F)SCCC(=O)N3Cc2ccc(-c3noc(C(F)(F)F)n3)nc2)no1. The zero-order chi connectivity index (χ0) is 24.7. The monoisotopic (exact) mass is 506 g/mol. The molecule has 3 aromatic heterocycles. The summed E-state index contributed by atoms with van der Waals surface area (Å²) in [7, 11) is 0. The Hall–Kier alpha value is -3.81. The number of aromatic nitrogens is 5. The number of alkyl halides is 3. The highest BCUT2D eigenvalue weighted by molar-refractivity contribution is 7.99. The molecule has 1 aliphatic rings. The molecule has 1 amide bonds. The van der Waals surface area contributed by atoms with Crippen molar-refractivity contribution < 1.29 is 31.4 Å². The maximum Gasteiger partial charge on any atom is 0.471 e. The predicted molar refractivity (Wildman–Crippen MR) is 113 cm³/mol. The Labute approximate surface area is 198 Å². The number of benzene rings is 1. The van der Waals surface area contributed by atoms with Crippen LogP contribution in [0.5, 0.6) is 0 Å². The van der Waals surface area contributed by atoms with Crippen LogP contribution in [0, 0.1) is 12.7 Å². The maximum atomic E-state index is 14.8. The molecule has 0 atom stereocenters. The lowest BCUT2D eigenvalue weighted by Gasteiger charge is -2.23. The molecule has 5 rings (SSSR count). The number of hydrogen-bond donors (Lipinski definition) is 0. The Morgan fingerprint density at radius 1 is 1.11 bits per heavy atom. The van der Waals surface area contributed by atoms with E-state index >= 15 is 0 Å². The highest BCUT2D eigenvalue weighted by atomic mass is 32.2. The van der Waals surface area contributed by atoms with Crippen LogP contribution in [0.25, 0.3) is 22.9 Å². The number of halogens is 4. The number of thioether (sulfide) groups is 1. The van der Waals surface area contributed by atoms with Crippen molar-refractivity contribution in [2.24, 2.45) is 0 Å². The molecule has 14 heteroatoms. The summed E-state index contributed by atoms with van der Waals surface area (Å²) in [6.45, 7) is 1.68. The van der Waals surface area contributed by atoms with Crippen LogP contribution in [0.3, 0.4) is 0 Å². The van der Waals surface area contributed by atoms with Crippen LogP contribution in [-0.2, 0) is 17.5 Å². The van der Waals surface area contributed by atoms with E-state index in [1.807, 2.05) is 0 Å². The summed E-state index contributed by atoms with van der Waals surface area (Å²) in [6.07, 6.45) is -3.13. The van der Waals surface area contributed by atoms with E-state index in [2.05, 4.69) is 29.8 Å². The average Bonchev–Trinajstić information content (AvgIpc) is 3.45. The van der Waals surface area contributed by atoms with E-state index in [0.717, 1.165) is 0 Å². The molecule has 0 unspecified atom stereocenters. The van der Waals surface area contributed by atoms with Crippen LogP contribution < -0.4 is 4.90 Å². The molecule has 1 aliphatic heterocycles. The summed E-state index contributed by atoms with van der Waals surface area (Å²) in [5.74, 6) is -1.71. The van der Waals surface area contributed by atoms with Gasteiger partial charge in [0.25, 0.3) is 0 Å². The molecule has 0 saturated carbocycles. The van der Waals surface area contributed by atoms with E-state index in [-0.39, 0.29) is 47.7 Å². The molecule has 0 bridgehead atoms. The van der Waals surface area contributed by atoms with Crippen LogP contribution in [0.15, 0.2) is 44.4 Å². The molecule has 4 heterocycles. The van der Waals surface area contributed by atoms with Crippen molar-refractivity contribution in [3.63, 3.8) is 0 Å². The Bertz CT molecular complexity index is 1400. The second-order valence-corrected chi connectivity index (χ2v) is 8.62. The number of nitrogens with zero attached hydrogens (tertiary/aromatic N) is 6. The quantitative estimate of drug-likeness (QED) is 0.364. The molecule has 0 saturated heterocycles. The van der Waals surface area contributed by atoms with Gasteiger partial charge in [0.1, 0.15) is 11.5 Å². The Kier molecular flexibility index (Phi) is 5.75. The van der Waals surface area contributed by atoms with Crippen molar-refractivity contribution in [1.29, 1.82) is 0 Å². The van der Waals surface area contributed by atoms with Gasteiger partial charge in [-0.05, 0) is 23.8 Å². The van der Waals surface area contributed by atoms with Crippen LogP contribution in [0.4, 0.5) is 23.2 Å². The number of fused-ring (bicyclic) bond motifs is 1. The smallest absolute Gasteiger partial charge is 0.339 e. The second-order valence-electron chi connectivity index (χ2n) is 7.49. The van der Waals surface area contributed by atoms with E-state index < -0.39 is 17.9 Å². The Morgan fingerprint density at radius 2 is 1.91 bits per heavy atom. The number of hydrogen-bond acceptors (Lipinski definition) is 9. The summed E-state index contributed by atoms with van der Waals surface area (Å²) in [6, 6.07) is 5.85. The van der Waals surface area contributed by atoms with Crippen LogP contribution in [0.2, 0.25) is 0 Å². The summed E-state index contributed by atoms with van der Waals surface area (Å²) < 4.78 is 62.1. The van der Waals surface area contributed by atoms with Gasteiger partial charge in [-0.3, -0.25) is 9.78 Å². The molecule has 9 nitrogen and oxygen atoms in total. The standard InChI is InChI=1S/C21H14F4N6O3S/c1-10-27-18(29-33-10)12-6-15-16(7-13(12)22)35-5-4-17(32)31(15)9-11-2-3-14(26-8-11)19-28-20(34-30-19)21(23,24)25/h2-3,6-8H,4-5,9H2,1H3. The summed E-state index contributed by atoms with van der Waals surface area (Å²) >= 11 is 1.35. The number of rotatable bonds is 4. The predicted octanol–water partition coefficient (Wildman–Crippen LogP) is 4.68. The lowest BCUT2D eigenvalue weighted by molar-refractivity contribution is -0.159. The third-order valence-electron chi connectivity index (χ3n) is 5.05. The molecular weight excluding hydrogens is 492 g/mol. The van der Waals surface area contributed by atoms with E-state index in [1.54, 1.807) is 13.0 Å².